The molecule has 156 valence electrons. The fraction of sp³-hybridized carbons (Fsp3) is 0.190. The van der Waals surface area contributed by atoms with Gasteiger partial charge in [0.2, 0.25) is 5.91 Å². The fourth-order valence-corrected chi connectivity index (χ4v) is 3.64. The number of nitrogens with zero attached hydrogens (tertiary/aromatic N) is 1. The van der Waals surface area contributed by atoms with Crippen molar-refractivity contribution in [2.45, 2.75) is 24.9 Å². The van der Waals surface area contributed by atoms with E-state index in [0.29, 0.717) is 22.7 Å². The van der Waals surface area contributed by atoms with Gasteiger partial charge in [-0.05, 0) is 42.8 Å². The lowest BCUT2D eigenvalue weighted by molar-refractivity contribution is -0.113. The number of hydrogen-bond donors (Lipinski definition) is 2. The number of halogens is 3. The van der Waals surface area contributed by atoms with Gasteiger partial charge in [0, 0.05) is 28.3 Å². The molecule has 0 saturated heterocycles. The zero-order chi connectivity index (χ0) is 21.7. The number of anilines is 1. The number of thioether (sulfide) groups is 1. The van der Waals surface area contributed by atoms with E-state index in [1.54, 1.807) is 31.2 Å². The number of aromatic amines is 1. The molecule has 1 aromatic heterocycles. The van der Waals surface area contributed by atoms with Gasteiger partial charge in [0.25, 0.3) is 5.56 Å². The summed E-state index contributed by atoms with van der Waals surface area (Å²) in [5, 5.41) is 3.47. The van der Waals surface area contributed by atoms with E-state index in [-0.39, 0.29) is 40.1 Å². The molecular weight excluding hydrogens is 432 g/mol. The third kappa shape index (κ3) is 5.46. The van der Waals surface area contributed by atoms with Crippen LogP contribution in [0.4, 0.5) is 14.5 Å². The Morgan fingerprint density at radius 3 is 2.43 bits per heavy atom. The van der Waals surface area contributed by atoms with Gasteiger partial charge in [0.05, 0.1) is 11.4 Å². The molecule has 0 radical (unpaired) electrons. The Hall–Kier alpha value is -2.71. The Labute approximate surface area is 180 Å². The van der Waals surface area contributed by atoms with Crippen molar-refractivity contribution in [1.29, 1.82) is 0 Å². The lowest BCUT2D eigenvalue weighted by Crippen LogP contribution is -2.20. The summed E-state index contributed by atoms with van der Waals surface area (Å²) in [5.41, 5.74) is 0.684. The van der Waals surface area contributed by atoms with Crippen LogP contribution in [-0.2, 0) is 17.6 Å². The SMILES string of the molecule is CCc1c(Cc2c(F)cccc2F)nc(SCC(=O)Nc2ccc(Cl)cc2)[nH]c1=O. The zero-order valence-corrected chi connectivity index (χ0v) is 17.5. The van der Waals surface area contributed by atoms with Crippen LogP contribution in [0.5, 0.6) is 0 Å². The minimum atomic E-state index is -0.698. The average molecular weight is 450 g/mol. The van der Waals surface area contributed by atoms with Crippen LogP contribution in [0.25, 0.3) is 0 Å². The second-order valence-corrected chi connectivity index (χ2v) is 7.77. The molecule has 0 saturated carbocycles. The molecule has 0 spiro atoms. The number of rotatable bonds is 7. The highest BCUT2D eigenvalue weighted by atomic mass is 35.5. The van der Waals surface area contributed by atoms with Gasteiger partial charge in [-0.2, -0.15) is 0 Å². The summed E-state index contributed by atoms with van der Waals surface area (Å²) < 4.78 is 28.1. The lowest BCUT2D eigenvalue weighted by atomic mass is 10.0. The standard InChI is InChI=1S/C21H18ClF2N3O2S/c1-2-14-18(10-15-16(23)4-3-5-17(15)24)26-21(27-20(14)29)30-11-19(28)25-13-8-6-12(22)7-9-13/h3-9H,2,10-11H2,1H3,(H,25,28)(H,26,27,29). The van der Waals surface area contributed by atoms with Crippen molar-refractivity contribution in [3.8, 4) is 0 Å². The highest BCUT2D eigenvalue weighted by Gasteiger charge is 2.16. The van der Waals surface area contributed by atoms with Crippen molar-refractivity contribution in [3.63, 3.8) is 0 Å². The molecule has 0 aliphatic rings. The Morgan fingerprint density at radius 1 is 1.13 bits per heavy atom. The van der Waals surface area contributed by atoms with Crippen molar-refractivity contribution in [3.05, 3.63) is 86.3 Å². The van der Waals surface area contributed by atoms with Crippen LogP contribution in [0.2, 0.25) is 5.02 Å². The van der Waals surface area contributed by atoms with Crippen LogP contribution >= 0.6 is 23.4 Å². The highest BCUT2D eigenvalue weighted by Crippen LogP contribution is 2.20. The van der Waals surface area contributed by atoms with Gasteiger partial charge in [0.1, 0.15) is 11.6 Å². The molecule has 0 aliphatic carbocycles. The van der Waals surface area contributed by atoms with Gasteiger partial charge in [-0.25, -0.2) is 13.8 Å². The van der Waals surface area contributed by atoms with Crippen molar-refractivity contribution < 1.29 is 13.6 Å². The number of nitrogens with one attached hydrogen (secondary N) is 2. The molecule has 3 rings (SSSR count). The minimum Gasteiger partial charge on any atom is -0.325 e. The summed E-state index contributed by atoms with van der Waals surface area (Å²) in [6.45, 7) is 1.76. The van der Waals surface area contributed by atoms with Crippen LogP contribution in [0, 0.1) is 11.6 Å². The molecule has 9 heteroatoms. The van der Waals surface area contributed by atoms with E-state index in [1.165, 1.54) is 6.07 Å². The molecule has 0 atom stereocenters. The van der Waals surface area contributed by atoms with E-state index >= 15 is 0 Å². The molecular formula is C21H18ClF2N3O2S. The topological polar surface area (TPSA) is 74.8 Å². The predicted molar refractivity (Wildman–Crippen MR) is 114 cm³/mol. The van der Waals surface area contributed by atoms with Crippen LogP contribution in [0.1, 0.15) is 23.7 Å². The number of hydrogen-bond acceptors (Lipinski definition) is 4. The first-order valence-corrected chi connectivity index (χ1v) is 10.5. The second kappa shape index (κ2) is 9.86. The summed E-state index contributed by atoms with van der Waals surface area (Å²) in [6.07, 6.45) is 0.200. The molecule has 5 nitrogen and oxygen atoms in total. The fourth-order valence-electron chi connectivity index (χ4n) is 2.83. The third-order valence-electron chi connectivity index (χ3n) is 4.31. The first kappa shape index (κ1) is 22.0. The molecule has 0 bridgehead atoms. The van der Waals surface area contributed by atoms with Crippen LogP contribution < -0.4 is 10.9 Å². The largest absolute Gasteiger partial charge is 0.325 e. The maximum atomic E-state index is 14.0. The summed E-state index contributed by atoms with van der Waals surface area (Å²) in [5.74, 6) is -1.71. The summed E-state index contributed by atoms with van der Waals surface area (Å²) in [7, 11) is 0. The highest BCUT2D eigenvalue weighted by molar-refractivity contribution is 7.99. The predicted octanol–water partition coefficient (Wildman–Crippen LogP) is 4.59. The van der Waals surface area contributed by atoms with Gasteiger partial charge in [-0.1, -0.05) is 36.4 Å². The van der Waals surface area contributed by atoms with Gasteiger partial charge < -0.3 is 10.3 Å². The molecule has 2 aromatic carbocycles. The molecule has 2 N–H and O–H groups in total. The molecule has 3 aromatic rings. The smallest absolute Gasteiger partial charge is 0.254 e. The van der Waals surface area contributed by atoms with Crippen LogP contribution in [-0.4, -0.2) is 21.6 Å². The van der Waals surface area contributed by atoms with Crippen molar-refractivity contribution in [1.82, 2.24) is 9.97 Å². The van der Waals surface area contributed by atoms with Crippen LogP contribution in [0.3, 0.4) is 0 Å². The first-order valence-electron chi connectivity index (χ1n) is 9.10. The Balaban J connectivity index is 1.76. The van der Waals surface area contributed by atoms with E-state index in [0.717, 1.165) is 23.9 Å². The molecule has 0 aliphatic heterocycles. The molecule has 1 heterocycles. The number of aromatic nitrogens is 2. The van der Waals surface area contributed by atoms with Crippen LogP contribution in [0.15, 0.2) is 52.4 Å². The van der Waals surface area contributed by atoms with Gasteiger partial charge in [0.15, 0.2) is 5.16 Å². The first-order chi connectivity index (χ1) is 14.4. The lowest BCUT2D eigenvalue weighted by Gasteiger charge is -2.10. The molecule has 30 heavy (non-hydrogen) atoms. The quantitative estimate of drug-likeness (QED) is 0.409. The van der Waals surface area contributed by atoms with E-state index in [2.05, 4.69) is 15.3 Å². The van der Waals surface area contributed by atoms with Crippen molar-refractivity contribution in [2.75, 3.05) is 11.1 Å². The summed E-state index contributed by atoms with van der Waals surface area (Å²) >= 11 is 6.84. The number of carbonyl (C=O) groups excluding carboxylic acids is 1. The van der Waals surface area contributed by atoms with Gasteiger partial charge in [-0.15, -0.1) is 0 Å². The van der Waals surface area contributed by atoms with Crippen molar-refractivity contribution >= 4 is 35.0 Å². The van der Waals surface area contributed by atoms with E-state index < -0.39 is 11.6 Å². The van der Waals surface area contributed by atoms with Gasteiger partial charge in [-0.3, -0.25) is 9.59 Å². The summed E-state index contributed by atoms with van der Waals surface area (Å²) in [6, 6.07) is 10.2. The monoisotopic (exact) mass is 449 g/mol. The Bertz CT molecular complexity index is 1100. The minimum absolute atomic E-state index is 0.00939. The summed E-state index contributed by atoms with van der Waals surface area (Å²) in [4.78, 5) is 31.5. The number of amides is 1. The maximum Gasteiger partial charge on any atom is 0.254 e. The second-order valence-electron chi connectivity index (χ2n) is 6.37. The van der Waals surface area contributed by atoms with E-state index in [1.807, 2.05) is 0 Å². The number of carbonyl (C=O) groups is 1. The average Bonchev–Trinajstić information content (AvgIpc) is 2.71. The normalized spacial score (nSPS) is 10.8. The van der Waals surface area contributed by atoms with Gasteiger partial charge >= 0.3 is 0 Å². The van der Waals surface area contributed by atoms with E-state index in [4.69, 9.17) is 11.6 Å². The third-order valence-corrected chi connectivity index (χ3v) is 5.43. The Kier molecular flexibility index (Phi) is 7.23. The van der Waals surface area contributed by atoms with Crippen molar-refractivity contribution in [2.24, 2.45) is 0 Å². The zero-order valence-electron chi connectivity index (χ0n) is 16.0. The van der Waals surface area contributed by atoms with E-state index in [9.17, 15) is 18.4 Å². The Morgan fingerprint density at radius 2 is 1.80 bits per heavy atom. The number of benzene rings is 2. The molecule has 1 amide bonds. The molecule has 0 unspecified atom stereocenters. The molecule has 0 fully saturated rings. The number of H-pyrrole nitrogens is 1. The maximum absolute atomic E-state index is 14.0.